The molecule has 29 heavy (non-hydrogen) atoms. The molecule has 2 aliphatic rings. The zero-order valence-electron chi connectivity index (χ0n) is 16.2. The molecule has 0 aliphatic carbocycles. The van der Waals surface area contributed by atoms with Crippen molar-refractivity contribution in [2.75, 3.05) is 44.7 Å². The lowest BCUT2D eigenvalue weighted by atomic mass is 10.2. The van der Waals surface area contributed by atoms with Crippen LogP contribution in [-0.4, -0.2) is 77.6 Å². The van der Waals surface area contributed by atoms with Gasteiger partial charge in [0.15, 0.2) is 0 Å². The van der Waals surface area contributed by atoms with Gasteiger partial charge in [-0.3, -0.25) is 14.7 Å². The summed E-state index contributed by atoms with van der Waals surface area (Å²) in [6, 6.07) is 7.20. The Morgan fingerprint density at radius 1 is 1.21 bits per heavy atom. The molecule has 0 spiro atoms. The molecule has 1 unspecified atom stereocenters. The summed E-state index contributed by atoms with van der Waals surface area (Å²) in [7, 11) is 1.58. The summed E-state index contributed by atoms with van der Waals surface area (Å²) in [5, 5.41) is 0. The second-order valence-electron chi connectivity index (χ2n) is 6.94. The number of benzene rings is 1. The number of aromatic nitrogens is 2. The van der Waals surface area contributed by atoms with Crippen LogP contribution in [0.4, 0.5) is 10.5 Å². The van der Waals surface area contributed by atoms with Gasteiger partial charge in [-0.05, 0) is 12.1 Å². The Morgan fingerprint density at radius 3 is 2.86 bits per heavy atom. The van der Waals surface area contributed by atoms with Crippen LogP contribution in [0.3, 0.4) is 0 Å². The lowest BCUT2D eigenvalue weighted by Crippen LogP contribution is -2.42. The van der Waals surface area contributed by atoms with Crippen LogP contribution < -0.4 is 14.4 Å². The van der Waals surface area contributed by atoms with Crippen LogP contribution >= 0.6 is 0 Å². The van der Waals surface area contributed by atoms with Crippen molar-refractivity contribution in [3.05, 3.63) is 42.9 Å². The number of hydrogen-bond donors (Lipinski definition) is 0. The maximum absolute atomic E-state index is 12.8. The van der Waals surface area contributed by atoms with Gasteiger partial charge in [-0.2, -0.15) is 0 Å². The van der Waals surface area contributed by atoms with Gasteiger partial charge >= 0.3 is 6.03 Å². The first kappa shape index (κ1) is 19.0. The Balaban J connectivity index is 1.33. The lowest BCUT2D eigenvalue weighted by molar-refractivity contribution is -0.130. The monoisotopic (exact) mass is 397 g/mol. The van der Waals surface area contributed by atoms with E-state index in [1.165, 1.54) is 0 Å². The van der Waals surface area contributed by atoms with Crippen LogP contribution in [0.25, 0.3) is 0 Å². The van der Waals surface area contributed by atoms with E-state index in [0.29, 0.717) is 43.5 Å². The van der Waals surface area contributed by atoms with Crippen molar-refractivity contribution in [1.82, 2.24) is 19.8 Å². The van der Waals surface area contributed by atoms with Crippen LogP contribution in [0, 0.1) is 0 Å². The molecule has 2 aliphatic heterocycles. The number of amides is 3. The summed E-state index contributed by atoms with van der Waals surface area (Å²) in [5.74, 6) is 1.01. The molecule has 2 fully saturated rings. The predicted molar refractivity (Wildman–Crippen MR) is 105 cm³/mol. The number of para-hydroxylation sites is 2. The zero-order chi connectivity index (χ0) is 20.2. The van der Waals surface area contributed by atoms with Crippen LogP contribution in [0.1, 0.15) is 6.42 Å². The molecule has 1 aromatic heterocycles. The highest BCUT2D eigenvalue weighted by molar-refractivity contribution is 5.97. The van der Waals surface area contributed by atoms with Crippen LogP contribution in [0.5, 0.6) is 11.6 Å². The zero-order valence-corrected chi connectivity index (χ0v) is 16.2. The number of rotatable bonds is 6. The first-order valence-electron chi connectivity index (χ1n) is 9.55. The number of ether oxygens (including phenoxy) is 2. The van der Waals surface area contributed by atoms with Crippen LogP contribution in [0.2, 0.25) is 0 Å². The van der Waals surface area contributed by atoms with Gasteiger partial charge in [0, 0.05) is 38.4 Å². The third kappa shape index (κ3) is 4.08. The second-order valence-corrected chi connectivity index (χ2v) is 6.94. The molecule has 0 N–H and O–H groups in total. The first-order valence-corrected chi connectivity index (χ1v) is 9.55. The topological polar surface area (TPSA) is 88.1 Å². The number of likely N-dealkylation sites (tertiary alicyclic amines) is 1. The lowest BCUT2D eigenvalue weighted by Gasteiger charge is -2.22. The first-order chi connectivity index (χ1) is 14.2. The van der Waals surface area contributed by atoms with Crippen LogP contribution in [0.15, 0.2) is 42.9 Å². The minimum Gasteiger partial charge on any atom is -0.495 e. The Labute approximate surface area is 168 Å². The highest BCUT2D eigenvalue weighted by atomic mass is 16.5. The number of nitrogens with zero attached hydrogens (tertiary/aromatic N) is 5. The summed E-state index contributed by atoms with van der Waals surface area (Å²) in [4.78, 5) is 38.6. The molecule has 9 nitrogen and oxygen atoms in total. The number of urea groups is 1. The van der Waals surface area contributed by atoms with Gasteiger partial charge in [-0.15, -0.1) is 0 Å². The SMILES string of the molecule is COc1ccccc1N1CCN(CC(=O)N2CCC(Oc3cnccn3)C2)C1=O. The van der Waals surface area contributed by atoms with E-state index in [-0.39, 0.29) is 24.6 Å². The van der Waals surface area contributed by atoms with E-state index in [9.17, 15) is 9.59 Å². The molecule has 1 aromatic carbocycles. The second kappa shape index (κ2) is 8.34. The number of carbonyl (C=O) groups excluding carboxylic acids is 2. The van der Waals surface area contributed by atoms with Gasteiger partial charge in [0.05, 0.1) is 25.5 Å². The summed E-state index contributed by atoms with van der Waals surface area (Å²) in [6.07, 6.45) is 5.32. The molecule has 2 saturated heterocycles. The highest BCUT2D eigenvalue weighted by Crippen LogP contribution is 2.30. The summed E-state index contributed by atoms with van der Waals surface area (Å²) in [6.45, 7) is 2.15. The molecule has 0 radical (unpaired) electrons. The summed E-state index contributed by atoms with van der Waals surface area (Å²) >= 11 is 0. The molecule has 9 heteroatoms. The Hall–Kier alpha value is -3.36. The standard InChI is InChI=1S/C20H23N5O4/c1-28-17-5-3-2-4-16(17)25-11-10-24(20(25)27)14-19(26)23-9-6-15(13-23)29-18-12-21-7-8-22-18/h2-5,7-8,12,15H,6,9-11,13-14H2,1H3. The van der Waals surface area contributed by atoms with Crippen molar-refractivity contribution >= 4 is 17.6 Å². The van der Waals surface area contributed by atoms with E-state index in [1.807, 2.05) is 24.3 Å². The number of anilines is 1. The smallest absolute Gasteiger partial charge is 0.325 e. The van der Waals surface area contributed by atoms with Crippen LogP contribution in [-0.2, 0) is 4.79 Å². The fraction of sp³-hybridized carbons (Fsp3) is 0.400. The van der Waals surface area contributed by atoms with E-state index < -0.39 is 0 Å². The van der Waals surface area contributed by atoms with Gasteiger partial charge < -0.3 is 19.3 Å². The maximum Gasteiger partial charge on any atom is 0.325 e. The number of hydrogen-bond acceptors (Lipinski definition) is 6. The normalized spacial score (nSPS) is 19.0. The van der Waals surface area contributed by atoms with E-state index in [4.69, 9.17) is 9.47 Å². The third-order valence-corrected chi connectivity index (χ3v) is 5.12. The average molecular weight is 397 g/mol. The quantitative estimate of drug-likeness (QED) is 0.732. The Bertz CT molecular complexity index is 878. The average Bonchev–Trinajstić information content (AvgIpc) is 3.36. The predicted octanol–water partition coefficient (Wildman–Crippen LogP) is 1.41. The number of carbonyl (C=O) groups is 2. The van der Waals surface area contributed by atoms with Crippen molar-refractivity contribution in [2.45, 2.75) is 12.5 Å². The van der Waals surface area contributed by atoms with Crippen molar-refractivity contribution < 1.29 is 19.1 Å². The van der Waals surface area contributed by atoms with Crippen molar-refractivity contribution in [2.24, 2.45) is 0 Å². The summed E-state index contributed by atoms with van der Waals surface area (Å²) in [5.41, 5.74) is 0.716. The van der Waals surface area contributed by atoms with E-state index in [2.05, 4.69) is 9.97 Å². The molecule has 1 atom stereocenters. The largest absolute Gasteiger partial charge is 0.495 e. The van der Waals surface area contributed by atoms with E-state index in [1.54, 1.807) is 40.4 Å². The van der Waals surface area contributed by atoms with Gasteiger partial charge in [-0.1, -0.05) is 12.1 Å². The third-order valence-electron chi connectivity index (χ3n) is 5.12. The van der Waals surface area contributed by atoms with Gasteiger partial charge in [0.25, 0.3) is 0 Å². The minimum atomic E-state index is -0.186. The minimum absolute atomic E-state index is 0.0579. The van der Waals surface area contributed by atoms with Gasteiger partial charge in [-0.25, -0.2) is 9.78 Å². The molecule has 4 rings (SSSR count). The van der Waals surface area contributed by atoms with Crippen molar-refractivity contribution in [1.29, 1.82) is 0 Å². The molecule has 0 bridgehead atoms. The molecule has 3 heterocycles. The molecule has 2 aromatic rings. The molecule has 0 saturated carbocycles. The van der Waals surface area contributed by atoms with E-state index in [0.717, 1.165) is 6.42 Å². The van der Waals surface area contributed by atoms with Gasteiger partial charge in [0.2, 0.25) is 11.8 Å². The van der Waals surface area contributed by atoms with Crippen molar-refractivity contribution in [3.8, 4) is 11.6 Å². The fourth-order valence-electron chi connectivity index (χ4n) is 3.64. The maximum atomic E-state index is 12.8. The molecular formula is C20H23N5O4. The molecule has 3 amide bonds. The highest BCUT2D eigenvalue weighted by Gasteiger charge is 2.35. The van der Waals surface area contributed by atoms with Gasteiger partial charge in [0.1, 0.15) is 18.4 Å². The Kier molecular flexibility index (Phi) is 5.46. The number of methoxy groups -OCH3 is 1. The van der Waals surface area contributed by atoms with E-state index >= 15 is 0 Å². The fourth-order valence-corrected chi connectivity index (χ4v) is 3.64. The summed E-state index contributed by atoms with van der Waals surface area (Å²) < 4.78 is 11.1. The Morgan fingerprint density at radius 2 is 2.07 bits per heavy atom. The molecule has 152 valence electrons. The molecular weight excluding hydrogens is 374 g/mol. The van der Waals surface area contributed by atoms with Crippen molar-refractivity contribution in [3.63, 3.8) is 0 Å².